The molecule has 4 nitrogen and oxygen atoms in total. The summed E-state index contributed by atoms with van der Waals surface area (Å²) in [5.74, 6) is -0.180. The first-order valence-electron chi connectivity index (χ1n) is 6.63. The molecule has 2 aromatic rings. The highest BCUT2D eigenvalue weighted by Gasteiger charge is 2.14. The van der Waals surface area contributed by atoms with Crippen LogP contribution in [0.2, 0.25) is 0 Å². The van der Waals surface area contributed by atoms with E-state index in [1.54, 1.807) is 24.3 Å². The number of thioether (sulfide) groups is 1. The Labute approximate surface area is 133 Å². The van der Waals surface area contributed by atoms with Crippen molar-refractivity contribution in [1.29, 1.82) is 0 Å². The van der Waals surface area contributed by atoms with Gasteiger partial charge in [-0.15, -0.1) is 11.8 Å². The van der Waals surface area contributed by atoms with E-state index in [1.807, 2.05) is 24.3 Å². The highest BCUT2D eigenvalue weighted by atomic mass is 32.2. The standard InChI is InChI=1S/C17H16O4S/c1-20-16(18)13-8-4-3-7-12(13)11-22-15-10-6-5-9-14(15)17(19)21-2/h3-10H,11H2,1-2H3. The summed E-state index contributed by atoms with van der Waals surface area (Å²) in [7, 11) is 2.72. The van der Waals surface area contributed by atoms with Gasteiger partial charge in [0.25, 0.3) is 0 Å². The Kier molecular flexibility index (Phi) is 5.61. The summed E-state index contributed by atoms with van der Waals surface area (Å²) in [6.45, 7) is 0. The first-order chi connectivity index (χ1) is 10.7. The molecule has 2 aromatic carbocycles. The van der Waals surface area contributed by atoms with Gasteiger partial charge in [-0.3, -0.25) is 0 Å². The number of methoxy groups -OCH3 is 2. The zero-order valence-corrected chi connectivity index (χ0v) is 13.2. The third-order valence-electron chi connectivity index (χ3n) is 3.10. The summed E-state index contributed by atoms with van der Waals surface area (Å²) in [5, 5.41) is 0. The average Bonchev–Trinajstić information content (AvgIpc) is 2.59. The van der Waals surface area contributed by atoms with Crippen molar-refractivity contribution in [2.24, 2.45) is 0 Å². The van der Waals surface area contributed by atoms with Crippen molar-refractivity contribution in [1.82, 2.24) is 0 Å². The lowest BCUT2D eigenvalue weighted by molar-refractivity contribution is 0.0589. The highest BCUT2D eigenvalue weighted by Crippen LogP contribution is 2.28. The van der Waals surface area contributed by atoms with Gasteiger partial charge < -0.3 is 9.47 Å². The molecule has 0 N–H and O–H groups in total. The third-order valence-corrected chi connectivity index (χ3v) is 4.22. The minimum absolute atomic E-state index is 0.363. The van der Waals surface area contributed by atoms with Crippen molar-refractivity contribution in [2.45, 2.75) is 10.6 Å². The molecule has 2 rings (SSSR count). The van der Waals surface area contributed by atoms with Crippen LogP contribution < -0.4 is 0 Å². The van der Waals surface area contributed by atoms with E-state index in [0.29, 0.717) is 16.9 Å². The van der Waals surface area contributed by atoms with E-state index in [1.165, 1.54) is 26.0 Å². The molecule has 0 fully saturated rings. The molecule has 0 bridgehead atoms. The van der Waals surface area contributed by atoms with E-state index in [0.717, 1.165) is 10.5 Å². The van der Waals surface area contributed by atoms with Gasteiger partial charge in [-0.05, 0) is 23.8 Å². The number of benzene rings is 2. The van der Waals surface area contributed by atoms with Gasteiger partial charge >= 0.3 is 11.9 Å². The van der Waals surface area contributed by atoms with Crippen LogP contribution in [0.4, 0.5) is 0 Å². The van der Waals surface area contributed by atoms with Crippen molar-refractivity contribution in [3.8, 4) is 0 Å². The van der Waals surface area contributed by atoms with Crippen LogP contribution in [0.15, 0.2) is 53.4 Å². The Hall–Kier alpha value is -2.27. The molecule has 0 amide bonds. The third kappa shape index (κ3) is 3.68. The van der Waals surface area contributed by atoms with Crippen molar-refractivity contribution < 1.29 is 19.1 Å². The molecular weight excluding hydrogens is 300 g/mol. The second-order valence-electron chi connectivity index (χ2n) is 4.43. The topological polar surface area (TPSA) is 52.6 Å². The van der Waals surface area contributed by atoms with Crippen LogP contribution in [0.3, 0.4) is 0 Å². The maximum Gasteiger partial charge on any atom is 0.338 e. The predicted molar refractivity (Wildman–Crippen MR) is 85.1 cm³/mol. The molecule has 0 saturated heterocycles. The van der Waals surface area contributed by atoms with Gasteiger partial charge in [0.15, 0.2) is 0 Å². The zero-order valence-electron chi connectivity index (χ0n) is 12.4. The Morgan fingerprint density at radius 3 is 2.09 bits per heavy atom. The monoisotopic (exact) mass is 316 g/mol. The van der Waals surface area contributed by atoms with E-state index >= 15 is 0 Å². The molecule has 0 saturated carbocycles. The lowest BCUT2D eigenvalue weighted by Crippen LogP contribution is -2.05. The second-order valence-corrected chi connectivity index (χ2v) is 5.44. The van der Waals surface area contributed by atoms with Gasteiger partial charge in [-0.2, -0.15) is 0 Å². The SMILES string of the molecule is COC(=O)c1ccccc1CSc1ccccc1C(=O)OC. The lowest BCUT2D eigenvalue weighted by atomic mass is 10.1. The largest absolute Gasteiger partial charge is 0.465 e. The molecule has 0 aliphatic heterocycles. The first-order valence-corrected chi connectivity index (χ1v) is 7.62. The Bertz CT molecular complexity index is 622. The average molecular weight is 316 g/mol. The summed E-state index contributed by atoms with van der Waals surface area (Å²) >= 11 is 1.48. The Morgan fingerprint density at radius 1 is 0.864 bits per heavy atom. The minimum Gasteiger partial charge on any atom is -0.465 e. The lowest BCUT2D eigenvalue weighted by Gasteiger charge is -2.10. The number of esters is 2. The van der Waals surface area contributed by atoms with E-state index in [-0.39, 0.29) is 11.9 Å². The maximum absolute atomic E-state index is 11.8. The fourth-order valence-electron chi connectivity index (χ4n) is 1.98. The summed E-state index contributed by atoms with van der Waals surface area (Å²) in [6.07, 6.45) is 0. The van der Waals surface area contributed by atoms with Crippen LogP contribution in [0.1, 0.15) is 26.3 Å². The van der Waals surface area contributed by atoms with Crippen LogP contribution in [0.5, 0.6) is 0 Å². The summed E-state index contributed by atoms with van der Waals surface area (Å²) < 4.78 is 9.57. The molecule has 0 aliphatic rings. The summed E-state index contributed by atoms with van der Waals surface area (Å²) in [4.78, 5) is 24.3. The van der Waals surface area contributed by atoms with E-state index < -0.39 is 0 Å². The van der Waals surface area contributed by atoms with Gasteiger partial charge in [0.2, 0.25) is 0 Å². The van der Waals surface area contributed by atoms with E-state index in [2.05, 4.69) is 0 Å². The fourth-order valence-corrected chi connectivity index (χ4v) is 3.03. The zero-order chi connectivity index (χ0) is 15.9. The smallest absolute Gasteiger partial charge is 0.338 e. The summed E-state index contributed by atoms with van der Waals surface area (Å²) in [5.41, 5.74) is 1.91. The quantitative estimate of drug-likeness (QED) is 0.623. The van der Waals surface area contributed by atoms with E-state index in [9.17, 15) is 9.59 Å². The van der Waals surface area contributed by atoms with Gasteiger partial charge in [0.05, 0.1) is 25.3 Å². The van der Waals surface area contributed by atoms with E-state index in [4.69, 9.17) is 9.47 Å². The minimum atomic E-state index is -0.371. The number of carbonyl (C=O) groups is 2. The predicted octanol–water partition coefficient (Wildman–Crippen LogP) is 3.55. The molecule has 0 aliphatic carbocycles. The molecule has 0 unspecified atom stereocenters. The highest BCUT2D eigenvalue weighted by molar-refractivity contribution is 7.98. The Morgan fingerprint density at radius 2 is 1.41 bits per heavy atom. The molecule has 22 heavy (non-hydrogen) atoms. The number of hydrogen-bond donors (Lipinski definition) is 0. The van der Waals surface area contributed by atoms with Gasteiger partial charge in [0, 0.05) is 10.6 Å². The van der Waals surface area contributed by atoms with Crippen molar-refractivity contribution >= 4 is 23.7 Å². The fraction of sp³-hybridized carbons (Fsp3) is 0.176. The van der Waals surface area contributed by atoms with Crippen LogP contribution in [0.25, 0.3) is 0 Å². The van der Waals surface area contributed by atoms with Gasteiger partial charge in [0.1, 0.15) is 0 Å². The normalized spacial score (nSPS) is 10.1. The molecule has 0 atom stereocenters. The van der Waals surface area contributed by atoms with Crippen LogP contribution in [0, 0.1) is 0 Å². The number of ether oxygens (including phenoxy) is 2. The van der Waals surface area contributed by atoms with Crippen LogP contribution in [-0.4, -0.2) is 26.2 Å². The van der Waals surface area contributed by atoms with Gasteiger partial charge in [-0.1, -0.05) is 30.3 Å². The maximum atomic E-state index is 11.8. The molecule has 5 heteroatoms. The molecule has 0 spiro atoms. The molecule has 0 heterocycles. The molecule has 0 aromatic heterocycles. The number of rotatable bonds is 5. The second kappa shape index (κ2) is 7.66. The summed E-state index contributed by atoms with van der Waals surface area (Å²) in [6, 6.07) is 14.5. The van der Waals surface area contributed by atoms with Gasteiger partial charge in [-0.25, -0.2) is 9.59 Å². The number of hydrogen-bond acceptors (Lipinski definition) is 5. The van der Waals surface area contributed by atoms with Crippen molar-refractivity contribution in [2.75, 3.05) is 14.2 Å². The molecular formula is C17H16O4S. The number of carbonyl (C=O) groups excluding carboxylic acids is 2. The van der Waals surface area contributed by atoms with Crippen LogP contribution in [-0.2, 0) is 15.2 Å². The molecule has 0 radical (unpaired) electrons. The van der Waals surface area contributed by atoms with Crippen LogP contribution >= 0.6 is 11.8 Å². The van der Waals surface area contributed by atoms with Crippen molar-refractivity contribution in [3.05, 3.63) is 65.2 Å². The Balaban J connectivity index is 2.21. The van der Waals surface area contributed by atoms with Crippen molar-refractivity contribution in [3.63, 3.8) is 0 Å². The first kappa shape index (κ1) is 16.1. The molecule has 114 valence electrons.